The first kappa shape index (κ1) is 15.1. The highest BCUT2D eigenvalue weighted by atomic mass is 16.5. The molecule has 0 saturated heterocycles. The van der Waals surface area contributed by atoms with Gasteiger partial charge in [0.15, 0.2) is 17.6 Å². The van der Waals surface area contributed by atoms with Gasteiger partial charge in [0.2, 0.25) is 5.75 Å². The smallest absolute Gasteiger partial charge is 0.202 e. The van der Waals surface area contributed by atoms with Crippen molar-refractivity contribution in [2.75, 3.05) is 7.11 Å². The van der Waals surface area contributed by atoms with E-state index in [9.17, 15) is 25.5 Å². The lowest BCUT2D eigenvalue weighted by Crippen LogP contribution is -2.30. The van der Waals surface area contributed by atoms with E-state index in [0.29, 0.717) is 11.1 Å². The number of rotatable bonds is 2. The second-order valence-electron chi connectivity index (χ2n) is 5.34. The Kier molecular flexibility index (Phi) is 3.57. The molecule has 2 aromatic rings. The second-order valence-corrected chi connectivity index (χ2v) is 5.34. The molecule has 0 fully saturated rings. The summed E-state index contributed by atoms with van der Waals surface area (Å²) in [7, 11) is 1.31. The number of aromatic hydroxyl groups is 4. The first-order valence-corrected chi connectivity index (χ1v) is 6.90. The van der Waals surface area contributed by atoms with Crippen LogP contribution in [0.25, 0.3) is 0 Å². The van der Waals surface area contributed by atoms with Crippen molar-refractivity contribution in [3.8, 4) is 34.5 Å². The number of aliphatic hydroxyl groups excluding tert-OH is 1. The first-order valence-electron chi connectivity index (χ1n) is 6.90. The molecule has 0 saturated carbocycles. The van der Waals surface area contributed by atoms with Crippen molar-refractivity contribution in [1.29, 1.82) is 0 Å². The van der Waals surface area contributed by atoms with Gasteiger partial charge in [-0.2, -0.15) is 0 Å². The van der Waals surface area contributed by atoms with E-state index in [1.165, 1.54) is 31.4 Å². The van der Waals surface area contributed by atoms with Crippen molar-refractivity contribution >= 4 is 0 Å². The predicted octanol–water partition coefficient (Wildman–Crippen LogP) is 1.55. The van der Waals surface area contributed by atoms with Gasteiger partial charge in [0.1, 0.15) is 17.2 Å². The zero-order valence-electron chi connectivity index (χ0n) is 12.2. The van der Waals surface area contributed by atoms with Crippen LogP contribution in [0.3, 0.4) is 0 Å². The molecule has 3 rings (SSSR count). The molecule has 1 aliphatic heterocycles. The van der Waals surface area contributed by atoms with E-state index in [2.05, 4.69) is 0 Å². The lowest BCUT2D eigenvalue weighted by Gasteiger charge is -2.31. The van der Waals surface area contributed by atoms with Gasteiger partial charge in [-0.1, -0.05) is 0 Å². The molecule has 2 aromatic carbocycles. The maximum atomic E-state index is 10.3. The van der Waals surface area contributed by atoms with Crippen LogP contribution in [0.2, 0.25) is 0 Å². The SMILES string of the molecule is COc1c(O)cc([C@H]2Oc3cc(O)cc(O)c3C[C@@H]2O)cc1O. The minimum atomic E-state index is -1.01. The van der Waals surface area contributed by atoms with E-state index in [4.69, 9.17) is 9.47 Å². The van der Waals surface area contributed by atoms with Gasteiger partial charge in [-0.15, -0.1) is 0 Å². The quantitative estimate of drug-likeness (QED) is 0.569. The van der Waals surface area contributed by atoms with Crippen LogP contribution in [0.1, 0.15) is 17.2 Å². The monoisotopic (exact) mass is 320 g/mol. The molecule has 0 aliphatic carbocycles. The Labute approximate surface area is 131 Å². The van der Waals surface area contributed by atoms with E-state index in [1.54, 1.807) is 0 Å². The van der Waals surface area contributed by atoms with E-state index in [-0.39, 0.29) is 40.9 Å². The summed E-state index contributed by atoms with van der Waals surface area (Å²) in [5.41, 5.74) is 0.718. The predicted molar refractivity (Wildman–Crippen MR) is 79.2 cm³/mol. The Bertz CT molecular complexity index is 733. The maximum Gasteiger partial charge on any atom is 0.202 e. The van der Waals surface area contributed by atoms with Crippen LogP contribution in [0.15, 0.2) is 24.3 Å². The molecule has 1 heterocycles. The molecule has 5 N–H and O–H groups in total. The fourth-order valence-corrected chi connectivity index (χ4v) is 2.74. The number of methoxy groups -OCH3 is 1. The van der Waals surface area contributed by atoms with Gasteiger partial charge in [0.25, 0.3) is 0 Å². The molecule has 0 unspecified atom stereocenters. The van der Waals surface area contributed by atoms with Crippen molar-refractivity contribution in [1.82, 2.24) is 0 Å². The van der Waals surface area contributed by atoms with Crippen LogP contribution in [0.4, 0.5) is 0 Å². The Hall–Kier alpha value is -2.80. The lowest BCUT2D eigenvalue weighted by atomic mass is 9.93. The summed E-state index contributed by atoms with van der Waals surface area (Å²) >= 11 is 0. The number of hydrogen-bond acceptors (Lipinski definition) is 7. The molecule has 0 aromatic heterocycles. The Morgan fingerprint density at radius 1 is 1.00 bits per heavy atom. The summed E-state index contributed by atoms with van der Waals surface area (Å²) < 4.78 is 10.5. The molecule has 0 amide bonds. The topological polar surface area (TPSA) is 120 Å². The number of phenolic OH excluding ortho intramolecular Hbond substituents is 4. The number of phenols is 4. The van der Waals surface area contributed by atoms with Crippen molar-refractivity contribution in [2.24, 2.45) is 0 Å². The number of hydrogen-bond donors (Lipinski definition) is 5. The van der Waals surface area contributed by atoms with Gasteiger partial charge < -0.3 is 35.0 Å². The van der Waals surface area contributed by atoms with Crippen LogP contribution in [-0.2, 0) is 6.42 Å². The molecular formula is C16H16O7. The van der Waals surface area contributed by atoms with Gasteiger partial charge in [-0.25, -0.2) is 0 Å². The van der Waals surface area contributed by atoms with E-state index >= 15 is 0 Å². The minimum Gasteiger partial charge on any atom is -0.508 e. The molecule has 1 aliphatic rings. The Morgan fingerprint density at radius 2 is 1.65 bits per heavy atom. The molecular weight excluding hydrogens is 304 g/mol. The number of fused-ring (bicyclic) bond motifs is 1. The molecule has 7 heteroatoms. The van der Waals surface area contributed by atoms with Crippen LogP contribution in [-0.4, -0.2) is 38.7 Å². The van der Waals surface area contributed by atoms with Gasteiger partial charge in [0, 0.05) is 29.7 Å². The fraction of sp³-hybridized carbons (Fsp3) is 0.250. The largest absolute Gasteiger partial charge is 0.508 e. The third kappa shape index (κ3) is 2.55. The van der Waals surface area contributed by atoms with E-state index in [0.717, 1.165) is 0 Å². The van der Waals surface area contributed by atoms with Crippen LogP contribution in [0.5, 0.6) is 34.5 Å². The standard InChI is InChI=1S/C16H16O7/c1-22-16-11(19)2-7(3-12(16)20)15-13(21)6-9-10(18)4-8(17)5-14(9)23-15/h2-5,13,15,17-21H,6H2,1H3/t13-,15+/m0/s1. The van der Waals surface area contributed by atoms with Crippen molar-refractivity contribution < 1.29 is 35.0 Å². The lowest BCUT2D eigenvalue weighted by molar-refractivity contribution is 0.0196. The summed E-state index contributed by atoms with van der Waals surface area (Å²) in [6, 6.07) is 5.14. The van der Waals surface area contributed by atoms with Crippen LogP contribution < -0.4 is 9.47 Å². The summed E-state index contributed by atoms with van der Waals surface area (Å²) in [6.45, 7) is 0. The molecule has 23 heavy (non-hydrogen) atoms. The third-order valence-corrected chi connectivity index (χ3v) is 3.79. The highest BCUT2D eigenvalue weighted by Crippen LogP contribution is 2.44. The van der Waals surface area contributed by atoms with E-state index in [1.807, 2.05) is 0 Å². The van der Waals surface area contributed by atoms with Crippen LogP contribution in [0, 0.1) is 0 Å². The average molecular weight is 320 g/mol. The van der Waals surface area contributed by atoms with Crippen molar-refractivity contribution in [3.63, 3.8) is 0 Å². The zero-order chi connectivity index (χ0) is 16.7. The molecule has 0 bridgehead atoms. The number of benzene rings is 2. The zero-order valence-corrected chi connectivity index (χ0v) is 12.2. The summed E-state index contributed by atoms with van der Waals surface area (Å²) in [5.74, 6) is -0.761. The third-order valence-electron chi connectivity index (χ3n) is 3.79. The minimum absolute atomic E-state index is 0.0743. The second kappa shape index (κ2) is 5.44. The van der Waals surface area contributed by atoms with Gasteiger partial charge in [0.05, 0.1) is 13.2 Å². The highest BCUT2D eigenvalue weighted by molar-refractivity contribution is 5.55. The normalized spacial score (nSPS) is 19.7. The molecule has 122 valence electrons. The highest BCUT2D eigenvalue weighted by Gasteiger charge is 2.33. The van der Waals surface area contributed by atoms with Crippen LogP contribution >= 0.6 is 0 Å². The Morgan fingerprint density at radius 3 is 2.26 bits per heavy atom. The van der Waals surface area contributed by atoms with Crippen molar-refractivity contribution in [2.45, 2.75) is 18.6 Å². The first-order chi connectivity index (χ1) is 10.9. The van der Waals surface area contributed by atoms with Gasteiger partial charge in [-0.3, -0.25) is 0 Å². The molecule has 0 spiro atoms. The van der Waals surface area contributed by atoms with Gasteiger partial charge in [-0.05, 0) is 12.1 Å². The fourth-order valence-electron chi connectivity index (χ4n) is 2.74. The average Bonchev–Trinajstić information content (AvgIpc) is 2.47. The molecule has 0 radical (unpaired) electrons. The molecule has 7 nitrogen and oxygen atoms in total. The maximum absolute atomic E-state index is 10.3. The summed E-state index contributed by atoms with van der Waals surface area (Å²) in [4.78, 5) is 0. The Balaban J connectivity index is 2.01. The number of aliphatic hydroxyl groups is 1. The van der Waals surface area contributed by atoms with Crippen molar-refractivity contribution in [3.05, 3.63) is 35.4 Å². The number of ether oxygens (including phenoxy) is 2. The molecule has 2 atom stereocenters. The van der Waals surface area contributed by atoms with E-state index < -0.39 is 12.2 Å². The summed E-state index contributed by atoms with van der Waals surface area (Å²) in [6.07, 6.45) is -1.80. The summed E-state index contributed by atoms with van der Waals surface area (Å²) in [5, 5.41) is 49.4. The van der Waals surface area contributed by atoms with Gasteiger partial charge >= 0.3 is 0 Å².